The van der Waals surface area contributed by atoms with Crippen LogP contribution in [0.2, 0.25) is 0 Å². The summed E-state index contributed by atoms with van der Waals surface area (Å²) in [5.74, 6) is 1.76. The molecule has 0 radical (unpaired) electrons. The Bertz CT molecular complexity index is 218. The molecule has 1 aliphatic rings. The molecule has 0 bridgehead atoms. The van der Waals surface area contributed by atoms with Gasteiger partial charge in [0.15, 0.2) is 5.96 Å². The lowest BCUT2D eigenvalue weighted by molar-refractivity contribution is 0.399. The van der Waals surface area contributed by atoms with Gasteiger partial charge in [0, 0.05) is 19.6 Å². The molecule has 1 saturated carbocycles. The van der Waals surface area contributed by atoms with Crippen molar-refractivity contribution < 1.29 is 0 Å². The summed E-state index contributed by atoms with van der Waals surface area (Å²) < 4.78 is 0. The van der Waals surface area contributed by atoms with E-state index in [1.165, 1.54) is 6.42 Å². The molecule has 0 saturated heterocycles. The SMILES string of the molecule is CN=C(NCCCN(C)C)NC1CC1C.I. The van der Waals surface area contributed by atoms with Crippen LogP contribution >= 0.6 is 24.0 Å². The highest BCUT2D eigenvalue weighted by Gasteiger charge is 2.32. The van der Waals surface area contributed by atoms with E-state index in [1.54, 1.807) is 0 Å². The lowest BCUT2D eigenvalue weighted by Gasteiger charge is -2.13. The van der Waals surface area contributed by atoms with Gasteiger partial charge >= 0.3 is 0 Å². The fraction of sp³-hybridized carbons (Fsp3) is 0.909. The van der Waals surface area contributed by atoms with E-state index in [1.807, 2.05) is 7.05 Å². The van der Waals surface area contributed by atoms with Crippen molar-refractivity contribution in [3.8, 4) is 0 Å². The van der Waals surface area contributed by atoms with Crippen LogP contribution in [0.25, 0.3) is 0 Å². The Balaban J connectivity index is 0.00000225. The van der Waals surface area contributed by atoms with Crippen LogP contribution in [0.5, 0.6) is 0 Å². The molecule has 2 N–H and O–H groups in total. The summed E-state index contributed by atoms with van der Waals surface area (Å²) in [5.41, 5.74) is 0. The van der Waals surface area contributed by atoms with E-state index in [9.17, 15) is 0 Å². The van der Waals surface area contributed by atoms with E-state index in [-0.39, 0.29) is 24.0 Å². The number of nitrogens with zero attached hydrogens (tertiary/aromatic N) is 2. The Hall–Kier alpha value is -0.0400. The Morgan fingerprint density at radius 3 is 2.50 bits per heavy atom. The van der Waals surface area contributed by atoms with Gasteiger partial charge in [-0.2, -0.15) is 0 Å². The molecule has 2 unspecified atom stereocenters. The molecule has 0 aromatic heterocycles. The van der Waals surface area contributed by atoms with Gasteiger partial charge in [0.05, 0.1) is 0 Å². The van der Waals surface area contributed by atoms with Crippen molar-refractivity contribution >= 4 is 29.9 Å². The fourth-order valence-electron chi connectivity index (χ4n) is 1.50. The second-order valence-corrected chi connectivity index (χ2v) is 4.62. The number of rotatable bonds is 5. The summed E-state index contributed by atoms with van der Waals surface area (Å²) in [6.07, 6.45) is 2.42. The molecule has 5 heteroatoms. The van der Waals surface area contributed by atoms with Gasteiger partial charge in [-0.3, -0.25) is 4.99 Å². The van der Waals surface area contributed by atoms with Gasteiger partial charge in [0.1, 0.15) is 0 Å². The number of hydrogen-bond acceptors (Lipinski definition) is 2. The zero-order chi connectivity index (χ0) is 11.3. The largest absolute Gasteiger partial charge is 0.356 e. The first-order valence-corrected chi connectivity index (χ1v) is 5.75. The molecule has 1 aliphatic carbocycles. The average molecular weight is 340 g/mol. The summed E-state index contributed by atoms with van der Waals surface area (Å²) in [6.45, 7) is 4.36. The zero-order valence-corrected chi connectivity index (χ0v) is 13.1. The van der Waals surface area contributed by atoms with Crippen LogP contribution < -0.4 is 10.6 Å². The first-order valence-electron chi connectivity index (χ1n) is 5.75. The molecule has 1 fully saturated rings. The lowest BCUT2D eigenvalue weighted by Crippen LogP contribution is -2.40. The summed E-state index contributed by atoms with van der Waals surface area (Å²) in [5, 5.41) is 6.73. The van der Waals surface area contributed by atoms with Crippen LogP contribution in [-0.4, -0.2) is 51.1 Å². The molecule has 0 aromatic rings. The summed E-state index contributed by atoms with van der Waals surface area (Å²) in [7, 11) is 6.02. The minimum Gasteiger partial charge on any atom is -0.356 e. The van der Waals surface area contributed by atoms with E-state index in [0.29, 0.717) is 6.04 Å². The van der Waals surface area contributed by atoms with Gasteiger partial charge in [0.2, 0.25) is 0 Å². The maximum absolute atomic E-state index is 4.20. The predicted molar refractivity (Wildman–Crippen MR) is 80.7 cm³/mol. The van der Waals surface area contributed by atoms with Crippen LogP contribution in [0.1, 0.15) is 19.8 Å². The molecule has 96 valence electrons. The van der Waals surface area contributed by atoms with Crippen molar-refractivity contribution in [2.75, 3.05) is 34.2 Å². The topological polar surface area (TPSA) is 39.7 Å². The summed E-state index contributed by atoms with van der Waals surface area (Å²) in [6, 6.07) is 0.644. The van der Waals surface area contributed by atoms with Gasteiger partial charge < -0.3 is 15.5 Å². The van der Waals surface area contributed by atoms with Crippen LogP contribution in [0.3, 0.4) is 0 Å². The monoisotopic (exact) mass is 340 g/mol. The number of guanidine groups is 1. The minimum absolute atomic E-state index is 0. The maximum Gasteiger partial charge on any atom is 0.191 e. The molecule has 0 heterocycles. The van der Waals surface area contributed by atoms with Gasteiger partial charge in [-0.25, -0.2) is 0 Å². The van der Waals surface area contributed by atoms with E-state index in [2.05, 4.69) is 41.5 Å². The normalized spacial score (nSPS) is 23.9. The van der Waals surface area contributed by atoms with E-state index >= 15 is 0 Å². The third kappa shape index (κ3) is 6.52. The van der Waals surface area contributed by atoms with Crippen molar-refractivity contribution in [3.05, 3.63) is 0 Å². The maximum atomic E-state index is 4.20. The Kier molecular flexibility index (Phi) is 8.09. The molecule has 16 heavy (non-hydrogen) atoms. The van der Waals surface area contributed by atoms with E-state index in [0.717, 1.165) is 31.4 Å². The van der Waals surface area contributed by atoms with Crippen molar-refractivity contribution in [1.82, 2.24) is 15.5 Å². The number of halogens is 1. The minimum atomic E-state index is 0. The Morgan fingerprint density at radius 1 is 1.44 bits per heavy atom. The number of hydrogen-bond donors (Lipinski definition) is 2. The van der Waals surface area contributed by atoms with Gasteiger partial charge in [-0.15, -0.1) is 24.0 Å². The second kappa shape index (κ2) is 8.11. The van der Waals surface area contributed by atoms with Crippen LogP contribution in [0.4, 0.5) is 0 Å². The Labute approximate surface area is 116 Å². The first kappa shape index (κ1) is 16.0. The fourth-order valence-corrected chi connectivity index (χ4v) is 1.50. The number of nitrogens with one attached hydrogen (secondary N) is 2. The van der Waals surface area contributed by atoms with Crippen LogP contribution in [-0.2, 0) is 0 Å². The second-order valence-electron chi connectivity index (χ2n) is 4.62. The van der Waals surface area contributed by atoms with Crippen LogP contribution in [0.15, 0.2) is 4.99 Å². The molecule has 0 amide bonds. The third-order valence-electron chi connectivity index (χ3n) is 2.73. The molecular formula is C11H25IN4. The highest BCUT2D eigenvalue weighted by molar-refractivity contribution is 14.0. The summed E-state index contributed by atoms with van der Waals surface area (Å²) >= 11 is 0. The average Bonchev–Trinajstić information content (AvgIpc) is 2.86. The molecular weight excluding hydrogens is 315 g/mol. The molecule has 1 rings (SSSR count). The smallest absolute Gasteiger partial charge is 0.191 e. The van der Waals surface area contributed by atoms with Crippen molar-refractivity contribution in [2.24, 2.45) is 10.9 Å². The summed E-state index contributed by atoms with van der Waals surface area (Å²) in [4.78, 5) is 6.40. The van der Waals surface area contributed by atoms with E-state index in [4.69, 9.17) is 0 Å². The highest BCUT2D eigenvalue weighted by Crippen LogP contribution is 2.28. The first-order chi connectivity index (χ1) is 7.13. The predicted octanol–water partition coefficient (Wildman–Crippen LogP) is 1.13. The molecule has 4 nitrogen and oxygen atoms in total. The molecule has 0 spiro atoms. The third-order valence-corrected chi connectivity index (χ3v) is 2.73. The highest BCUT2D eigenvalue weighted by atomic mass is 127. The molecule has 0 aliphatic heterocycles. The lowest BCUT2D eigenvalue weighted by atomic mass is 10.4. The standard InChI is InChI=1S/C11H24N4.HI/c1-9-8-10(9)14-11(12-2)13-6-5-7-15(3)4;/h9-10H,5-8H2,1-4H3,(H2,12,13,14);1H. The van der Waals surface area contributed by atoms with Gasteiger partial charge in [0.25, 0.3) is 0 Å². The van der Waals surface area contributed by atoms with Gasteiger partial charge in [-0.1, -0.05) is 6.92 Å². The van der Waals surface area contributed by atoms with Crippen LogP contribution in [0, 0.1) is 5.92 Å². The Morgan fingerprint density at radius 2 is 2.06 bits per heavy atom. The van der Waals surface area contributed by atoms with Gasteiger partial charge in [-0.05, 0) is 39.4 Å². The van der Waals surface area contributed by atoms with E-state index < -0.39 is 0 Å². The quantitative estimate of drug-likeness (QED) is 0.341. The number of aliphatic imine (C=N–C) groups is 1. The molecule has 2 atom stereocenters. The van der Waals surface area contributed by atoms with Crippen molar-refractivity contribution in [3.63, 3.8) is 0 Å². The molecule has 0 aromatic carbocycles. The zero-order valence-electron chi connectivity index (χ0n) is 10.8. The van der Waals surface area contributed by atoms with Crippen molar-refractivity contribution in [1.29, 1.82) is 0 Å². The van der Waals surface area contributed by atoms with Crippen molar-refractivity contribution in [2.45, 2.75) is 25.8 Å².